The average molecular weight is 407 g/mol. The molecule has 3 aromatic rings. The summed E-state index contributed by atoms with van der Waals surface area (Å²) < 4.78 is 16.2. The predicted molar refractivity (Wildman–Crippen MR) is 111 cm³/mol. The molecule has 156 valence electrons. The third kappa shape index (κ3) is 4.01. The van der Waals surface area contributed by atoms with Gasteiger partial charge in [0.1, 0.15) is 6.04 Å². The fourth-order valence-electron chi connectivity index (χ4n) is 3.88. The van der Waals surface area contributed by atoms with Crippen LogP contribution in [0.4, 0.5) is 0 Å². The van der Waals surface area contributed by atoms with Crippen molar-refractivity contribution < 1.29 is 18.8 Å². The van der Waals surface area contributed by atoms with Gasteiger partial charge in [0, 0.05) is 12.1 Å². The van der Waals surface area contributed by atoms with Crippen LogP contribution in [0.5, 0.6) is 11.5 Å². The lowest BCUT2D eigenvalue weighted by molar-refractivity contribution is -0.131. The third-order valence-electron chi connectivity index (χ3n) is 5.38. The Morgan fingerprint density at radius 2 is 2.00 bits per heavy atom. The minimum Gasteiger partial charge on any atom is -0.493 e. The molecule has 1 aliphatic heterocycles. The van der Waals surface area contributed by atoms with Crippen molar-refractivity contribution in [1.82, 2.24) is 15.0 Å². The smallest absolute Gasteiger partial charge is 0.249 e. The Labute approximate surface area is 175 Å². The van der Waals surface area contributed by atoms with E-state index in [4.69, 9.17) is 14.0 Å². The number of benzene rings is 2. The van der Waals surface area contributed by atoms with Gasteiger partial charge in [0.15, 0.2) is 11.5 Å². The number of nitrogens with zero attached hydrogens (tertiary/aromatic N) is 3. The first-order valence-corrected chi connectivity index (χ1v) is 10.00. The quantitative estimate of drug-likeness (QED) is 0.615. The van der Waals surface area contributed by atoms with Gasteiger partial charge in [-0.2, -0.15) is 4.98 Å². The van der Waals surface area contributed by atoms with Gasteiger partial charge in [-0.25, -0.2) is 0 Å². The van der Waals surface area contributed by atoms with Gasteiger partial charge in [-0.3, -0.25) is 4.79 Å². The summed E-state index contributed by atoms with van der Waals surface area (Å²) in [6, 6.07) is 13.3. The molecule has 2 aromatic carbocycles. The maximum Gasteiger partial charge on any atom is 0.249 e. The number of aryl methyl sites for hydroxylation is 1. The number of ether oxygens (including phenoxy) is 2. The molecule has 0 radical (unpaired) electrons. The number of amides is 1. The second-order valence-corrected chi connectivity index (χ2v) is 7.44. The number of rotatable bonds is 6. The minimum atomic E-state index is -0.191. The lowest BCUT2D eigenvalue weighted by Gasteiger charge is -2.22. The van der Waals surface area contributed by atoms with Crippen LogP contribution in [-0.2, 0) is 11.2 Å². The molecule has 7 nitrogen and oxygen atoms in total. The predicted octanol–water partition coefficient (Wildman–Crippen LogP) is 3.97. The van der Waals surface area contributed by atoms with E-state index < -0.39 is 0 Å². The molecule has 1 unspecified atom stereocenters. The van der Waals surface area contributed by atoms with Crippen molar-refractivity contribution in [3.63, 3.8) is 0 Å². The monoisotopic (exact) mass is 407 g/mol. The van der Waals surface area contributed by atoms with Crippen LogP contribution in [0.25, 0.3) is 11.4 Å². The van der Waals surface area contributed by atoms with Gasteiger partial charge >= 0.3 is 0 Å². The van der Waals surface area contributed by atoms with E-state index in [1.165, 1.54) is 0 Å². The van der Waals surface area contributed by atoms with E-state index in [2.05, 4.69) is 10.1 Å². The number of hydrogen-bond acceptors (Lipinski definition) is 6. The summed E-state index contributed by atoms with van der Waals surface area (Å²) in [6.45, 7) is 2.73. The standard InChI is InChI=1S/C23H25N3O4/c1-15-6-4-7-16(12-15)13-21(27)26-11-5-8-18(26)23-24-22(25-30-23)17-9-10-19(28-2)20(14-17)29-3/h4,6-7,9-10,12,14,18H,5,8,11,13H2,1-3H3. The van der Waals surface area contributed by atoms with Gasteiger partial charge in [-0.1, -0.05) is 35.0 Å². The van der Waals surface area contributed by atoms with E-state index in [0.29, 0.717) is 36.2 Å². The van der Waals surface area contributed by atoms with E-state index in [1.807, 2.05) is 48.2 Å². The molecule has 7 heteroatoms. The van der Waals surface area contributed by atoms with Crippen LogP contribution >= 0.6 is 0 Å². The Morgan fingerprint density at radius 3 is 2.77 bits per heavy atom. The highest BCUT2D eigenvalue weighted by Crippen LogP contribution is 2.34. The summed E-state index contributed by atoms with van der Waals surface area (Å²) >= 11 is 0. The highest BCUT2D eigenvalue weighted by molar-refractivity contribution is 5.79. The van der Waals surface area contributed by atoms with Crippen molar-refractivity contribution in [2.24, 2.45) is 0 Å². The summed E-state index contributed by atoms with van der Waals surface area (Å²) in [5.41, 5.74) is 2.93. The van der Waals surface area contributed by atoms with E-state index >= 15 is 0 Å². The van der Waals surface area contributed by atoms with E-state index in [1.54, 1.807) is 20.3 Å². The Balaban J connectivity index is 1.53. The fourth-order valence-corrected chi connectivity index (χ4v) is 3.88. The molecule has 0 aliphatic carbocycles. The second kappa shape index (κ2) is 8.57. The number of hydrogen-bond donors (Lipinski definition) is 0. The molecule has 1 aromatic heterocycles. The topological polar surface area (TPSA) is 77.7 Å². The van der Waals surface area contributed by atoms with Crippen molar-refractivity contribution in [1.29, 1.82) is 0 Å². The lowest BCUT2D eigenvalue weighted by atomic mass is 10.1. The van der Waals surface area contributed by atoms with Gasteiger partial charge in [-0.05, 0) is 43.5 Å². The van der Waals surface area contributed by atoms with Gasteiger partial charge in [0.25, 0.3) is 0 Å². The van der Waals surface area contributed by atoms with E-state index in [-0.39, 0.29) is 11.9 Å². The first-order chi connectivity index (χ1) is 14.6. The zero-order valence-electron chi connectivity index (χ0n) is 17.4. The molecule has 1 fully saturated rings. The van der Waals surface area contributed by atoms with Gasteiger partial charge in [0.2, 0.25) is 17.6 Å². The largest absolute Gasteiger partial charge is 0.493 e. The summed E-state index contributed by atoms with van der Waals surface area (Å²) in [5, 5.41) is 4.13. The Morgan fingerprint density at radius 1 is 1.17 bits per heavy atom. The van der Waals surface area contributed by atoms with Crippen LogP contribution in [0.1, 0.15) is 35.9 Å². The molecular weight excluding hydrogens is 382 g/mol. The van der Waals surface area contributed by atoms with Crippen LogP contribution in [0.15, 0.2) is 47.0 Å². The SMILES string of the molecule is COc1ccc(-c2noc(C3CCCN3C(=O)Cc3cccc(C)c3)n2)cc1OC. The second-order valence-electron chi connectivity index (χ2n) is 7.44. The molecule has 0 bridgehead atoms. The van der Waals surface area contributed by atoms with E-state index in [9.17, 15) is 4.79 Å². The molecule has 0 N–H and O–H groups in total. The van der Waals surface area contributed by atoms with Crippen LogP contribution in [0.3, 0.4) is 0 Å². The first-order valence-electron chi connectivity index (χ1n) is 10.00. The van der Waals surface area contributed by atoms with Crippen LogP contribution in [-0.4, -0.2) is 41.7 Å². The number of carbonyl (C=O) groups is 1. The molecule has 1 amide bonds. The van der Waals surface area contributed by atoms with Crippen LogP contribution in [0, 0.1) is 6.92 Å². The van der Waals surface area contributed by atoms with E-state index in [0.717, 1.165) is 29.5 Å². The van der Waals surface area contributed by atoms with Gasteiger partial charge < -0.3 is 18.9 Å². The molecule has 30 heavy (non-hydrogen) atoms. The first kappa shape index (κ1) is 19.9. The van der Waals surface area contributed by atoms with Crippen molar-refractivity contribution in [3.05, 3.63) is 59.5 Å². The zero-order valence-corrected chi connectivity index (χ0v) is 17.4. The zero-order chi connectivity index (χ0) is 21.1. The highest BCUT2D eigenvalue weighted by Gasteiger charge is 2.34. The van der Waals surface area contributed by atoms with Crippen molar-refractivity contribution >= 4 is 5.91 Å². The number of likely N-dealkylation sites (tertiary alicyclic amines) is 1. The fraction of sp³-hybridized carbons (Fsp3) is 0.348. The normalized spacial score (nSPS) is 16.0. The van der Waals surface area contributed by atoms with Gasteiger partial charge in [-0.15, -0.1) is 0 Å². The van der Waals surface area contributed by atoms with Crippen LogP contribution in [0.2, 0.25) is 0 Å². The molecule has 1 saturated heterocycles. The molecule has 2 heterocycles. The highest BCUT2D eigenvalue weighted by atomic mass is 16.5. The third-order valence-corrected chi connectivity index (χ3v) is 5.38. The maximum atomic E-state index is 12.9. The summed E-state index contributed by atoms with van der Waals surface area (Å²) in [7, 11) is 3.17. The summed E-state index contributed by atoms with van der Waals surface area (Å²) in [4.78, 5) is 19.4. The maximum absolute atomic E-state index is 12.9. The summed E-state index contributed by atoms with van der Waals surface area (Å²) in [6.07, 6.45) is 2.10. The molecular formula is C23H25N3O4. The Hall–Kier alpha value is -3.35. The minimum absolute atomic E-state index is 0.0777. The molecule has 1 aliphatic rings. The average Bonchev–Trinajstić information content (AvgIpc) is 3.42. The molecule has 4 rings (SSSR count). The molecule has 1 atom stereocenters. The van der Waals surface area contributed by atoms with Gasteiger partial charge in [0.05, 0.1) is 20.6 Å². The number of carbonyl (C=O) groups excluding carboxylic acids is 1. The summed E-state index contributed by atoms with van der Waals surface area (Å²) in [5.74, 6) is 2.23. The van der Waals surface area contributed by atoms with Crippen LogP contribution < -0.4 is 9.47 Å². The Bertz CT molecular complexity index is 1050. The number of aromatic nitrogens is 2. The van der Waals surface area contributed by atoms with Crippen molar-refractivity contribution in [3.8, 4) is 22.9 Å². The molecule has 0 spiro atoms. The van der Waals surface area contributed by atoms with Crippen molar-refractivity contribution in [2.45, 2.75) is 32.2 Å². The molecule has 0 saturated carbocycles. The number of methoxy groups -OCH3 is 2. The lowest BCUT2D eigenvalue weighted by Crippen LogP contribution is -2.32. The Kier molecular flexibility index (Phi) is 5.70. The van der Waals surface area contributed by atoms with Crippen molar-refractivity contribution in [2.75, 3.05) is 20.8 Å².